The Kier molecular flexibility index (Phi) is 7.30. The first kappa shape index (κ1) is 23.0. The van der Waals surface area contributed by atoms with Crippen molar-refractivity contribution in [2.24, 2.45) is 0 Å². The second kappa shape index (κ2) is 10.2. The van der Waals surface area contributed by atoms with Gasteiger partial charge in [-0.25, -0.2) is 0 Å². The quantitative estimate of drug-likeness (QED) is 0.351. The number of morpholine rings is 1. The molecule has 0 radical (unpaired) electrons. The van der Waals surface area contributed by atoms with E-state index in [9.17, 15) is 14.7 Å². The summed E-state index contributed by atoms with van der Waals surface area (Å²) in [5.41, 5.74) is 1.32. The smallest absolute Gasteiger partial charge is 0.295 e. The molecule has 6 nitrogen and oxygen atoms in total. The minimum absolute atomic E-state index is 0.103. The van der Waals surface area contributed by atoms with Crippen LogP contribution in [-0.2, 0) is 14.3 Å². The number of rotatable bonds is 6. The van der Waals surface area contributed by atoms with E-state index < -0.39 is 17.7 Å². The van der Waals surface area contributed by atoms with Gasteiger partial charge in [0.2, 0.25) is 0 Å². The average molecular weight is 520 g/mol. The van der Waals surface area contributed by atoms with Crippen LogP contribution in [0.1, 0.15) is 23.6 Å². The van der Waals surface area contributed by atoms with Crippen LogP contribution in [0.2, 0.25) is 5.02 Å². The standard InChI is InChI=1S/C24H24BrClN2O4/c25-18-6-2-16(3-7-18)21-20(22(29)17-4-8-19(26)9-5-17)23(30)24(31)28(21)11-1-10-27-12-14-32-15-13-27/h2-9,21,29H,1,10-15H2/b22-20+. The molecule has 0 spiro atoms. The van der Waals surface area contributed by atoms with E-state index in [0.717, 1.165) is 36.1 Å². The normalized spacial score (nSPS) is 21.3. The second-order valence-corrected chi connectivity index (χ2v) is 9.21. The topological polar surface area (TPSA) is 70.1 Å². The van der Waals surface area contributed by atoms with Crippen molar-refractivity contribution in [2.45, 2.75) is 12.5 Å². The van der Waals surface area contributed by atoms with Gasteiger partial charge in [0.25, 0.3) is 11.7 Å². The molecule has 1 amide bonds. The molecular weight excluding hydrogens is 496 g/mol. The van der Waals surface area contributed by atoms with Crippen LogP contribution in [0, 0.1) is 0 Å². The Balaban J connectivity index is 1.66. The molecule has 2 saturated heterocycles. The number of aliphatic hydroxyl groups excluding tert-OH is 1. The number of ketones is 1. The zero-order valence-electron chi connectivity index (χ0n) is 17.5. The predicted octanol–water partition coefficient (Wildman–Crippen LogP) is 4.25. The number of amides is 1. The van der Waals surface area contributed by atoms with Crippen molar-refractivity contribution in [3.63, 3.8) is 0 Å². The minimum Gasteiger partial charge on any atom is -0.507 e. The van der Waals surface area contributed by atoms with Gasteiger partial charge in [-0.15, -0.1) is 0 Å². The zero-order chi connectivity index (χ0) is 22.7. The molecule has 0 aromatic heterocycles. The van der Waals surface area contributed by atoms with E-state index in [1.807, 2.05) is 24.3 Å². The number of ether oxygens (including phenoxy) is 1. The number of benzene rings is 2. The van der Waals surface area contributed by atoms with Crippen LogP contribution in [0.15, 0.2) is 58.6 Å². The van der Waals surface area contributed by atoms with Crippen LogP contribution < -0.4 is 0 Å². The maximum Gasteiger partial charge on any atom is 0.295 e. The lowest BCUT2D eigenvalue weighted by atomic mass is 9.95. The summed E-state index contributed by atoms with van der Waals surface area (Å²) >= 11 is 9.40. The molecule has 32 heavy (non-hydrogen) atoms. The monoisotopic (exact) mass is 518 g/mol. The van der Waals surface area contributed by atoms with Gasteiger partial charge in [-0.05, 0) is 48.4 Å². The van der Waals surface area contributed by atoms with Gasteiger partial charge in [0.05, 0.1) is 24.8 Å². The fraction of sp³-hybridized carbons (Fsp3) is 0.333. The Morgan fingerprint density at radius 1 is 1.03 bits per heavy atom. The van der Waals surface area contributed by atoms with E-state index in [-0.39, 0.29) is 11.3 Å². The highest BCUT2D eigenvalue weighted by Gasteiger charge is 2.45. The number of nitrogens with zero attached hydrogens (tertiary/aromatic N) is 2. The molecule has 2 aromatic rings. The number of Topliss-reactive ketones (excluding diaryl/α,β-unsaturated/α-hetero) is 1. The van der Waals surface area contributed by atoms with Crippen molar-refractivity contribution in [3.05, 3.63) is 74.7 Å². The number of hydrogen-bond acceptors (Lipinski definition) is 5. The fourth-order valence-electron chi connectivity index (χ4n) is 4.15. The van der Waals surface area contributed by atoms with Gasteiger partial charge in [0, 0.05) is 41.2 Å². The Morgan fingerprint density at radius 2 is 1.69 bits per heavy atom. The maximum atomic E-state index is 13.0. The van der Waals surface area contributed by atoms with Crippen LogP contribution in [0.4, 0.5) is 0 Å². The highest BCUT2D eigenvalue weighted by molar-refractivity contribution is 9.10. The molecule has 1 unspecified atom stereocenters. The number of likely N-dealkylation sites (tertiary alicyclic amines) is 1. The SMILES string of the molecule is O=C1C(=O)N(CCCN2CCOCC2)C(c2ccc(Br)cc2)/C1=C(\O)c1ccc(Cl)cc1. The van der Waals surface area contributed by atoms with Gasteiger partial charge in [0.1, 0.15) is 5.76 Å². The Hall–Kier alpha value is -2.19. The highest BCUT2D eigenvalue weighted by Crippen LogP contribution is 2.39. The van der Waals surface area contributed by atoms with E-state index in [4.69, 9.17) is 16.3 Å². The molecule has 0 aliphatic carbocycles. The van der Waals surface area contributed by atoms with Crippen LogP contribution in [-0.4, -0.2) is 66.0 Å². The Labute approximate surface area is 200 Å². The first-order valence-electron chi connectivity index (χ1n) is 10.6. The van der Waals surface area contributed by atoms with E-state index in [0.29, 0.717) is 30.3 Å². The third-order valence-electron chi connectivity index (χ3n) is 5.82. The predicted molar refractivity (Wildman–Crippen MR) is 126 cm³/mol. The summed E-state index contributed by atoms with van der Waals surface area (Å²) in [6.45, 7) is 4.39. The first-order valence-corrected chi connectivity index (χ1v) is 11.7. The number of halogens is 2. The lowest BCUT2D eigenvalue weighted by Gasteiger charge is -2.29. The molecule has 8 heteroatoms. The van der Waals surface area contributed by atoms with Crippen molar-refractivity contribution >= 4 is 45.0 Å². The molecule has 2 aliphatic heterocycles. The minimum atomic E-state index is -0.670. The molecular formula is C24H24BrClN2O4. The molecule has 2 aliphatic rings. The lowest BCUT2D eigenvalue weighted by Crippen LogP contribution is -2.38. The fourth-order valence-corrected chi connectivity index (χ4v) is 4.55. The summed E-state index contributed by atoms with van der Waals surface area (Å²) < 4.78 is 6.28. The molecule has 1 N–H and O–H groups in total. The Bertz CT molecular complexity index is 1020. The van der Waals surface area contributed by atoms with Crippen molar-refractivity contribution in [1.29, 1.82) is 0 Å². The number of carbonyl (C=O) groups is 2. The molecule has 2 heterocycles. The van der Waals surface area contributed by atoms with E-state index in [1.54, 1.807) is 29.2 Å². The van der Waals surface area contributed by atoms with Gasteiger partial charge in [-0.1, -0.05) is 39.7 Å². The first-order chi connectivity index (χ1) is 15.5. The number of carbonyl (C=O) groups excluding carboxylic acids is 2. The Morgan fingerprint density at radius 3 is 2.34 bits per heavy atom. The summed E-state index contributed by atoms with van der Waals surface area (Å²) in [4.78, 5) is 29.9. The van der Waals surface area contributed by atoms with E-state index in [1.165, 1.54) is 0 Å². The zero-order valence-corrected chi connectivity index (χ0v) is 19.8. The van der Waals surface area contributed by atoms with Gasteiger partial charge >= 0.3 is 0 Å². The summed E-state index contributed by atoms with van der Waals surface area (Å²) in [6.07, 6.45) is 0.723. The van der Waals surface area contributed by atoms with Crippen LogP contribution >= 0.6 is 27.5 Å². The maximum absolute atomic E-state index is 13.0. The highest BCUT2D eigenvalue weighted by atomic mass is 79.9. The largest absolute Gasteiger partial charge is 0.507 e. The van der Waals surface area contributed by atoms with E-state index >= 15 is 0 Å². The lowest BCUT2D eigenvalue weighted by molar-refractivity contribution is -0.140. The summed E-state index contributed by atoms with van der Waals surface area (Å²) in [7, 11) is 0. The van der Waals surface area contributed by atoms with Crippen molar-refractivity contribution in [3.8, 4) is 0 Å². The van der Waals surface area contributed by atoms with Crippen LogP contribution in [0.3, 0.4) is 0 Å². The summed E-state index contributed by atoms with van der Waals surface area (Å²) in [5.74, 6) is -1.45. The van der Waals surface area contributed by atoms with Gasteiger partial charge in [-0.3, -0.25) is 14.5 Å². The van der Waals surface area contributed by atoms with Gasteiger partial charge < -0.3 is 14.7 Å². The molecule has 2 fully saturated rings. The summed E-state index contributed by atoms with van der Waals surface area (Å²) in [6, 6.07) is 13.4. The van der Waals surface area contributed by atoms with Crippen LogP contribution in [0.5, 0.6) is 0 Å². The van der Waals surface area contributed by atoms with Gasteiger partial charge in [0.15, 0.2) is 0 Å². The average Bonchev–Trinajstić information content (AvgIpc) is 3.05. The molecule has 168 valence electrons. The number of hydrogen-bond donors (Lipinski definition) is 1. The van der Waals surface area contributed by atoms with E-state index in [2.05, 4.69) is 20.8 Å². The van der Waals surface area contributed by atoms with Gasteiger partial charge in [-0.2, -0.15) is 0 Å². The molecule has 0 saturated carbocycles. The van der Waals surface area contributed by atoms with Crippen molar-refractivity contribution in [2.75, 3.05) is 39.4 Å². The molecule has 0 bridgehead atoms. The van der Waals surface area contributed by atoms with Crippen molar-refractivity contribution < 1.29 is 19.4 Å². The number of aliphatic hydroxyl groups is 1. The second-order valence-electron chi connectivity index (χ2n) is 7.86. The molecule has 2 aromatic carbocycles. The molecule has 4 rings (SSSR count). The third-order valence-corrected chi connectivity index (χ3v) is 6.60. The molecule has 1 atom stereocenters. The van der Waals surface area contributed by atoms with Crippen LogP contribution in [0.25, 0.3) is 5.76 Å². The summed E-state index contributed by atoms with van der Waals surface area (Å²) in [5, 5.41) is 11.6. The van der Waals surface area contributed by atoms with Crippen molar-refractivity contribution in [1.82, 2.24) is 9.80 Å². The third kappa shape index (κ3) is 4.91.